The molecule has 5 nitrogen and oxygen atoms in total. The fourth-order valence-electron chi connectivity index (χ4n) is 2.90. The number of hydrogen-bond donors (Lipinski definition) is 4. The van der Waals surface area contributed by atoms with Gasteiger partial charge >= 0.3 is 0 Å². The van der Waals surface area contributed by atoms with E-state index in [2.05, 4.69) is 0 Å². The van der Waals surface area contributed by atoms with Crippen LogP contribution in [0.1, 0.15) is 0 Å². The largest absolute Gasteiger partial charge is 0.508 e. The minimum atomic E-state index is -0.0872. The van der Waals surface area contributed by atoms with E-state index in [0.29, 0.717) is 33.4 Å². The van der Waals surface area contributed by atoms with Gasteiger partial charge in [-0.3, -0.25) is 0 Å². The number of rotatable bonds is 2. The van der Waals surface area contributed by atoms with Crippen molar-refractivity contribution in [1.29, 1.82) is 0 Å². The first-order valence-electron chi connectivity index (χ1n) is 7.60. The first-order chi connectivity index (χ1) is 12.0. The standard InChI is InChI=1S/C20H14O5/c21-12-3-1-11(2-4-12)20-19(15-7-5-13(22)9-17(15)24)16-8-6-14(23)10-18(16)25-20/h1-10,21-24H. The lowest BCUT2D eigenvalue weighted by Crippen LogP contribution is -1.82. The lowest BCUT2D eigenvalue weighted by atomic mass is 9.97. The molecule has 5 heteroatoms. The summed E-state index contributed by atoms with van der Waals surface area (Å²) < 4.78 is 5.93. The molecule has 1 heterocycles. The van der Waals surface area contributed by atoms with Crippen LogP contribution in [0, 0.1) is 0 Å². The molecule has 0 unspecified atom stereocenters. The van der Waals surface area contributed by atoms with Crippen LogP contribution in [-0.4, -0.2) is 20.4 Å². The van der Waals surface area contributed by atoms with E-state index in [0.717, 1.165) is 0 Å². The molecule has 0 amide bonds. The maximum absolute atomic E-state index is 10.3. The molecule has 3 aromatic carbocycles. The highest BCUT2D eigenvalue weighted by Gasteiger charge is 2.20. The SMILES string of the molecule is Oc1ccc(-c2oc3cc(O)ccc3c2-c2ccc(O)cc2O)cc1. The van der Waals surface area contributed by atoms with Gasteiger partial charge in [-0.1, -0.05) is 0 Å². The zero-order valence-electron chi connectivity index (χ0n) is 13.0. The Hall–Kier alpha value is -3.60. The van der Waals surface area contributed by atoms with Crippen LogP contribution in [0.25, 0.3) is 33.4 Å². The number of phenols is 4. The molecule has 4 aromatic rings. The zero-order valence-corrected chi connectivity index (χ0v) is 13.0. The second kappa shape index (κ2) is 5.49. The summed E-state index contributed by atoms with van der Waals surface area (Å²) in [5.41, 5.74) is 2.30. The van der Waals surface area contributed by atoms with E-state index >= 15 is 0 Å². The van der Waals surface area contributed by atoms with Crippen LogP contribution in [0.5, 0.6) is 23.0 Å². The Kier molecular flexibility index (Phi) is 3.28. The van der Waals surface area contributed by atoms with Gasteiger partial charge in [0.25, 0.3) is 0 Å². The van der Waals surface area contributed by atoms with Gasteiger partial charge < -0.3 is 24.8 Å². The fourth-order valence-corrected chi connectivity index (χ4v) is 2.90. The van der Waals surface area contributed by atoms with E-state index in [1.165, 1.54) is 18.2 Å². The Labute approximate surface area is 142 Å². The zero-order chi connectivity index (χ0) is 17.6. The van der Waals surface area contributed by atoms with Crippen molar-refractivity contribution in [3.63, 3.8) is 0 Å². The van der Waals surface area contributed by atoms with Crippen molar-refractivity contribution in [2.24, 2.45) is 0 Å². The van der Waals surface area contributed by atoms with Crippen LogP contribution in [-0.2, 0) is 0 Å². The highest BCUT2D eigenvalue weighted by atomic mass is 16.3. The van der Waals surface area contributed by atoms with Gasteiger partial charge in [-0.05, 0) is 48.5 Å². The van der Waals surface area contributed by atoms with E-state index in [-0.39, 0.29) is 23.0 Å². The van der Waals surface area contributed by atoms with Crippen LogP contribution in [0.3, 0.4) is 0 Å². The Morgan fingerprint density at radius 3 is 2.00 bits per heavy atom. The van der Waals surface area contributed by atoms with Crippen LogP contribution in [0.4, 0.5) is 0 Å². The summed E-state index contributed by atoms with van der Waals surface area (Å²) in [4.78, 5) is 0. The fraction of sp³-hybridized carbons (Fsp3) is 0. The van der Waals surface area contributed by atoms with E-state index in [9.17, 15) is 20.4 Å². The highest BCUT2D eigenvalue weighted by molar-refractivity contribution is 6.03. The third-order valence-electron chi connectivity index (χ3n) is 4.05. The number of hydrogen-bond acceptors (Lipinski definition) is 5. The van der Waals surface area contributed by atoms with Crippen molar-refractivity contribution in [3.8, 4) is 45.4 Å². The van der Waals surface area contributed by atoms with Crippen molar-refractivity contribution in [1.82, 2.24) is 0 Å². The van der Waals surface area contributed by atoms with E-state index in [4.69, 9.17) is 4.42 Å². The number of furan rings is 1. The van der Waals surface area contributed by atoms with Gasteiger partial charge in [-0.15, -0.1) is 0 Å². The summed E-state index contributed by atoms with van der Waals surface area (Å²) in [6.07, 6.45) is 0. The minimum absolute atomic E-state index is 0.0436. The molecule has 0 saturated carbocycles. The third-order valence-corrected chi connectivity index (χ3v) is 4.05. The molecule has 0 spiro atoms. The molecule has 1 aromatic heterocycles. The lowest BCUT2D eigenvalue weighted by molar-refractivity contribution is 0.452. The van der Waals surface area contributed by atoms with Gasteiger partial charge in [0.2, 0.25) is 0 Å². The van der Waals surface area contributed by atoms with Gasteiger partial charge in [0.05, 0.1) is 0 Å². The Morgan fingerprint density at radius 2 is 1.28 bits per heavy atom. The van der Waals surface area contributed by atoms with Crippen LogP contribution in [0.2, 0.25) is 0 Å². The van der Waals surface area contributed by atoms with Gasteiger partial charge in [0.15, 0.2) is 0 Å². The van der Waals surface area contributed by atoms with Crippen molar-refractivity contribution >= 4 is 11.0 Å². The molecule has 0 aliphatic carbocycles. The van der Waals surface area contributed by atoms with E-state index < -0.39 is 0 Å². The van der Waals surface area contributed by atoms with Gasteiger partial charge in [0, 0.05) is 34.2 Å². The molecule has 0 bridgehead atoms. The molecule has 0 saturated heterocycles. The summed E-state index contributed by atoms with van der Waals surface area (Å²) in [6, 6.07) is 15.6. The molecule has 25 heavy (non-hydrogen) atoms. The lowest BCUT2D eigenvalue weighted by Gasteiger charge is -2.07. The van der Waals surface area contributed by atoms with E-state index in [1.807, 2.05) is 0 Å². The first-order valence-corrected chi connectivity index (χ1v) is 7.60. The third kappa shape index (κ3) is 2.52. The predicted molar refractivity (Wildman–Crippen MR) is 93.7 cm³/mol. The van der Waals surface area contributed by atoms with Crippen molar-refractivity contribution in [3.05, 3.63) is 60.7 Å². The molecular formula is C20H14O5. The van der Waals surface area contributed by atoms with Gasteiger partial charge in [0.1, 0.15) is 34.3 Å². The van der Waals surface area contributed by atoms with Crippen LogP contribution >= 0.6 is 0 Å². The van der Waals surface area contributed by atoms with Gasteiger partial charge in [-0.25, -0.2) is 0 Å². The van der Waals surface area contributed by atoms with E-state index in [1.54, 1.807) is 42.5 Å². The average Bonchev–Trinajstić information content (AvgIpc) is 2.94. The second-order valence-corrected chi connectivity index (χ2v) is 5.73. The predicted octanol–water partition coefficient (Wildman–Crippen LogP) is 4.59. The highest BCUT2D eigenvalue weighted by Crippen LogP contribution is 2.45. The molecule has 0 radical (unpaired) electrons. The van der Waals surface area contributed by atoms with Crippen LogP contribution in [0.15, 0.2) is 65.1 Å². The number of benzene rings is 3. The van der Waals surface area contributed by atoms with Crippen molar-refractivity contribution in [2.75, 3.05) is 0 Å². The second-order valence-electron chi connectivity index (χ2n) is 5.73. The normalized spacial score (nSPS) is 11.0. The molecule has 124 valence electrons. The van der Waals surface area contributed by atoms with Gasteiger partial charge in [-0.2, -0.15) is 0 Å². The summed E-state index contributed by atoms with van der Waals surface area (Å²) in [5, 5.41) is 39.8. The molecule has 4 rings (SSSR count). The summed E-state index contributed by atoms with van der Waals surface area (Å²) in [5.74, 6) is 0.557. The maximum atomic E-state index is 10.3. The van der Waals surface area contributed by atoms with Crippen molar-refractivity contribution in [2.45, 2.75) is 0 Å². The Balaban J connectivity index is 2.06. The number of aromatic hydroxyl groups is 4. The minimum Gasteiger partial charge on any atom is -0.508 e. The molecule has 0 atom stereocenters. The maximum Gasteiger partial charge on any atom is 0.143 e. The monoisotopic (exact) mass is 334 g/mol. The number of fused-ring (bicyclic) bond motifs is 1. The Bertz CT molecular complexity index is 1080. The molecular weight excluding hydrogens is 320 g/mol. The number of phenolic OH excluding ortho intramolecular Hbond substituents is 4. The van der Waals surface area contributed by atoms with Crippen LogP contribution < -0.4 is 0 Å². The molecule has 0 aliphatic rings. The summed E-state index contributed by atoms with van der Waals surface area (Å²) in [7, 11) is 0. The first kappa shape index (κ1) is 15.0. The molecule has 0 aliphatic heterocycles. The Morgan fingerprint density at radius 1 is 0.640 bits per heavy atom. The van der Waals surface area contributed by atoms with Crippen molar-refractivity contribution < 1.29 is 24.8 Å². The average molecular weight is 334 g/mol. The molecule has 0 fully saturated rings. The molecule has 4 N–H and O–H groups in total. The quantitative estimate of drug-likeness (QED) is 0.430. The summed E-state index contributed by atoms with van der Waals surface area (Å²) in [6.45, 7) is 0. The smallest absolute Gasteiger partial charge is 0.143 e. The summed E-state index contributed by atoms with van der Waals surface area (Å²) >= 11 is 0. The topological polar surface area (TPSA) is 94.1 Å².